The summed E-state index contributed by atoms with van der Waals surface area (Å²) in [5, 5.41) is 2.49. The molecule has 0 saturated carbocycles. The van der Waals surface area contributed by atoms with Gasteiger partial charge in [0.2, 0.25) is 5.91 Å². The molecule has 0 aliphatic rings. The van der Waals surface area contributed by atoms with Gasteiger partial charge in [-0.3, -0.25) is 9.78 Å². The van der Waals surface area contributed by atoms with E-state index < -0.39 is 5.82 Å². The van der Waals surface area contributed by atoms with Crippen LogP contribution in [-0.4, -0.2) is 10.9 Å². The first-order valence-electron chi connectivity index (χ1n) is 4.49. The molecule has 0 saturated heterocycles. The van der Waals surface area contributed by atoms with Crippen LogP contribution in [0.2, 0.25) is 0 Å². The summed E-state index contributed by atoms with van der Waals surface area (Å²) in [7, 11) is 0. The minimum atomic E-state index is -0.510. The zero-order valence-electron chi connectivity index (χ0n) is 8.25. The molecule has 1 heterocycles. The molecule has 0 unspecified atom stereocenters. The van der Waals surface area contributed by atoms with Crippen LogP contribution in [-0.2, 0) is 4.79 Å². The second-order valence-electron chi connectivity index (χ2n) is 3.50. The molecule has 0 atom stereocenters. The van der Waals surface area contributed by atoms with Crippen LogP contribution in [0.3, 0.4) is 0 Å². The number of hydrogen-bond donors (Lipinski definition) is 1. The van der Waals surface area contributed by atoms with Gasteiger partial charge in [0.05, 0.1) is 11.9 Å². The molecule has 14 heavy (non-hydrogen) atoms. The molecule has 0 radical (unpaired) electrons. The van der Waals surface area contributed by atoms with E-state index in [0.717, 1.165) is 6.20 Å². The lowest BCUT2D eigenvalue weighted by Crippen LogP contribution is -2.14. The molecule has 0 aromatic carbocycles. The predicted octanol–water partition coefficient (Wildman–Crippen LogP) is 2.21. The Morgan fingerprint density at radius 1 is 1.64 bits per heavy atom. The number of aromatic nitrogens is 1. The molecule has 1 amide bonds. The van der Waals surface area contributed by atoms with Crippen molar-refractivity contribution >= 4 is 11.6 Å². The smallest absolute Gasteiger partial charge is 0.224 e. The Kier molecular flexibility index (Phi) is 3.56. The van der Waals surface area contributed by atoms with Crippen molar-refractivity contribution in [3.8, 4) is 0 Å². The minimum Gasteiger partial charge on any atom is -0.323 e. The summed E-state index contributed by atoms with van der Waals surface area (Å²) < 4.78 is 13.0. The number of pyridine rings is 1. The summed E-state index contributed by atoms with van der Waals surface area (Å²) in [5.74, 6) is -0.422. The highest BCUT2D eigenvalue weighted by atomic mass is 19.1. The molecule has 1 rings (SSSR count). The van der Waals surface area contributed by atoms with Crippen molar-refractivity contribution in [3.05, 3.63) is 24.3 Å². The lowest BCUT2D eigenvalue weighted by molar-refractivity contribution is -0.116. The zero-order valence-corrected chi connectivity index (χ0v) is 8.25. The fourth-order valence-electron chi connectivity index (χ4n) is 1.05. The fourth-order valence-corrected chi connectivity index (χ4v) is 1.05. The number of amides is 1. The van der Waals surface area contributed by atoms with Gasteiger partial charge in [-0.1, -0.05) is 13.8 Å². The Labute approximate surface area is 82.4 Å². The van der Waals surface area contributed by atoms with Gasteiger partial charge in [0.1, 0.15) is 0 Å². The summed E-state index contributed by atoms with van der Waals surface area (Å²) in [6.07, 6.45) is 2.90. The SMILES string of the molecule is CC(C)CC(=O)Nc1ccncc1F. The van der Waals surface area contributed by atoms with Crippen LogP contribution in [0.1, 0.15) is 20.3 Å². The number of rotatable bonds is 3. The zero-order chi connectivity index (χ0) is 10.6. The summed E-state index contributed by atoms with van der Waals surface area (Å²) in [6.45, 7) is 3.87. The average Bonchev–Trinajstić information content (AvgIpc) is 2.07. The van der Waals surface area contributed by atoms with E-state index in [9.17, 15) is 9.18 Å². The van der Waals surface area contributed by atoms with Crippen LogP contribution in [0.4, 0.5) is 10.1 Å². The van der Waals surface area contributed by atoms with Crippen molar-refractivity contribution in [2.24, 2.45) is 5.92 Å². The summed E-state index contributed by atoms with van der Waals surface area (Å²) >= 11 is 0. The van der Waals surface area contributed by atoms with E-state index in [1.54, 1.807) is 0 Å². The number of anilines is 1. The van der Waals surface area contributed by atoms with Crippen molar-refractivity contribution in [1.29, 1.82) is 0 Å². The topological polar surface area (TPSA) is 42.0 Å². The Bertz CT molecular complexity index is 326. The number of hydrogen-bond acceptors (Lipinski definition) is 2. The Hall–Kier alpha value is -1.45. The molecule has 4 heteroatoms. The van der Waals surface area contributed by atoms with Gasteiger partial charge in [-0.25, -0.2) is 4.39 Å². The van der Waals surface area contributed by atoms with Crippen LogP contribution in [0.25, 0.3) is 0 Å². The maximum absolute atomic E-state index is 13.0. The Morgan fingerprint density at radius 3 is 2.93 bits per heavy atom. The van der Waals surface area contributed by atoms with E-state index in [1.165, 1.54) is 12.3 Å². The molecular formula is C10H13FN2O. The monoisotopic (exact) mass is 196 g/mol. The van der Waals surface area contributed by atoms with Crippen LogP contribution in [0, 0.1) is 11.7 Å². The van der Waals surface area contributed by atoms with E-state index in [2.05, 4.69) is 10.3 Å². The van der Waals surface area contributed by atoms with E-state index in [1.807, 2.05) is 13.8 Å². The lowest BCUT2D eigenvalue weighted by atomic mass is 10.1. The molecule has 76 valence electrons. The largest absolute Gasteiger partial charge is 0.323 e. The van der Waals surface area contributed by atoms with Crippen molar-refractivity contribution < 1.29 is 9.18 Å². The summed E-state index contributed by atoms with van der Waals surface area (Å²) in [5.41, 5.74) is 0.186. The first-order valence-corrected chi connectivity index (χ1v) is 4.49. The van der Waals surface area contributed by atoms with E-state index >= 15 is 0 Å². The highest BCUT2D eigenvalue weighted by Gasteiger charge is 2.07. The molecular weight excluding hydrogens is 183 g/mol. The van der Waals surface area contributed by atoms with Gasteiger partial charge < -0.3 is 5.32 Å². The third-order valence-electron chi connectivity index (χ3n) is 1.64. The van der Waals surface area contributed by atoms with Gasteiger partial charge in [0, 0.05) is 12.6 Å². The van der Waals surface area contributed by atoms with Gasteiger partial charge >= 0.3 is 0 Å². The van der Waals surface area contributed by atoms with Gasteiger partial charge in [0.25, 0.3) is 0 Å². The Morgan fingerprint density at radius 2 is 2.36 bits per heavy atom. The first kappa shape index (κ1) is 10.6. The van der Waals surface area contributed by atoms with Crippen molar-refractivity contribution in [2.75, 3.05) is 5.32 Å². The minimum absolute atomic E-state index is 0.176. The highest BCUT2D eigenvalue weighted by Crippen LogP contribution is 2.12. The molecule has 0 fully saturated rings. The van der Waals surface area contributed by atoms with Crippen LogP contribution in [0.5, 0.6) is 0 Å². The highest BCUT2D eigenvalue weighted by molar-refractivity contribution is 5.90. The fraction of sp³-hybridized carbons (Fsp3) is 0.400. The Balaban J connectivity index is 2.61. The second-order valence-corrected chi connectivity index (χ2v) is 3.50. The molecule has 0 bridgehead atoms. The first-order chi connectivity index (χ1) is 6.59. The van der Waals surface area contributed by atoms with Gasteiger partial charge in [-0.15, -0.1) is 0 Å². The number of nitrogens with zero attached hydrogens (tertiary/aromatic N) is 1. The molecule has 1 aromatic rings. The lowest BCUT2D eigenvalue weighted by Gasteiger charge is -2.07. The maximum Gasteiger partial charge on any atom is 0.224 e. The second kappa shape index (κ2) is 4.69. The van der Waals surface area contributed by atoms with Gasteiger partial charge in [0.15, 0.2) is 5.82 Å². The summed E-state index contributed by atoms with van der Waals surface area (Å²) in [4.78, 5) is 14.9. The van der Waals surface area contributed by atoms with Crippen molar-refractivity contribution in [1.82, 2.24) is 4.98 Å². The van der Waals surface area contributed by atoms with Crippen LogP contribution in [0.15, 0.2) is 18.5 Å². The van der Waals surface area contributed by atoms with E-state index in [4.69, 9.17) is 0 Å². The standard InChI is InChI=1S/C10H13FN2O/c1-7(2)5-10(14)13-9-3-4-12-6-8(9)11/h3-4,6-7H,5H2,1-2H3,(H,12,13,14). The molecule has 1 N–H and O–H groups in total. The van der Waals surface area contributed by atoms with Crippen LogP contribution >= 0.6 is 0 Å². The van der Waals surface area contributed by atoms with Crippen LogP contribution < -0.4 is 5.32 Å². The quantitative estimate of drug-likeness (QED) is 0.805. The molecule has 0 aliphatic heterocycles. The number of carbonyl (C=O) groups excluding carboxylic acids is 1. The third-order valence-corrected chi connectivity index (χ3v) is 1.64. The number of nitrogens with one attached hydrogen (secondary N) is 1. The number of carbonyl (C=O) groups is 1. The summed E-state index contributed by atoms with van der Waals surface area (Å²) in [6, 6.07) is 1.44. The van der Waals surface area contributed by atoms with Gasteiger partial charge in [-0.2, -0.15) is 0 Å². The third kappa shape index (κ3) is 3.12. The normalized spacial score (nSPS) is 10.3. The number of halogens is 1. The van der Waals surface area contributed by atoms with Gasteiger partial charge in [-0.05, 0) is 12.0 Å². The molecule has 1 aromatic heterocycles. The van der Waals surface area contributed by atoms with E-state index in [0.29, 0.717) is 6.42 Å². The van der Waals surface area contributed by atoms with Crippen molar-refractivity contribution in [2.45, 2.75) is 20.3 Å². The van der Waals surface area contributed by atoms with E-state index in [-0.39, 0.29) is 17.5 Å². The maximum atomic E-state index is 13.0. The molecule has 3 nitrogen and oxygen atoms in total. The van der Waals surface area contributed by atoms with Crippen molar-refractivity contribution in [3.63, 3.8) is 0 Å². The molecule has 0 spiro atoms. The molecule has 0 aliphatic carbocycles. The predicted molar refractivity (Wildman–Crippen MR) is 52.3 cm³/mol. The average molecular weight is 196 g/mol.